The molecule has 0 atom stereocenters. The molecule has 0 aliphatic rings. The molecule has 2 N–H and O–H groups in total. The van der Waals surface area contributed by atoms with Crippen molar-refractivity contribution in [1.82, 2.24) is 9.97 Å². The van der Waals surface area contributed by atoms with Gasteiger partial charge in [-0.05, 0) is 6.07 Å². The molecule has 1 heterocycles. The molecule has 72 valence electrons. The van der Waals surface area contributed by atoms with Gasteiger partial charge in [0.1, 0.15) is 11.6 Å². The number of methoxy groups -OCH3 is 1. The van der Waals surface area contributed by atoms with Gasteiger partial charge in [0, 0.05) is 6.07 Å². The number of nitrogens with zero attached hydrogens (tertiary/aromatic N) is 2. The summed E-state index contributed by atoms with van der Waals surface area (Å²) in [6.07, 6.45) is 1.49. The maximum Gasteiger partial charge on any atom is 0.142 e. The van der Waals surface area contributed by atoms with E-state index in [0.29, 0.717) is 27.6 Å². The summed E-state index contributed by atoms with van der Waals surface area (Å²) in [6.45, 7) is 0. The van der Waals surface area contributed by atoms with Crippen LogP contribution in [0, 0.1) is 0 Å². The van der Waals surface area contributed by atoms with Crippen molar-refractivity contribution in [1.29, 1.82) is 0 Å². The normalized spacial score (nSPS) is 10.4. The van der Waals surface area contributed by atoms with Crippen molar-refractivity contribution in [2.75, 3.05) is 12.8 Å². The zero-order valence-electron chi connectivity index (χ0n) is 7.49. The van der Waals surface area contributed by atoms with E-state index in [1.165, 1.54) is 6.20 Å². The highest BCUT2D eigenvalue weighted by Crippen LogP contribution is 2.28. The van der Waals surface area contributed by atoms with Crippen LogP contribution in [0.4, 0.5) is 5.82 Å². The predicted molar refractivity (Wildman–Crippen MR) is 55.5 cm³/mol. The first kappa shape index (κ1) is 9.02. The van der Waals surface area contributed by atoms with Gasteiger partial charge >= 0.3 is 0 Å². The Balaban J connectivity index is 2.73. The van der Waals surface area contributed by atoms with Gasteiger partial charge in [0.05, 0.1) is 29.4 Å². The highest BCUT2D eigenvalue weighted by atomic mass is 35.5. The number of anilines is 1. The maximum absolute atomic E-state index is 5.92. The molecule has 1 aromatic heterocycles. The van der Waals surface area contributed by atoms with E-state index in [9.17, 15) is 0 Å². The second kappa shape index (κ2) is 3.31. The van der Waals surface area contributed by atoms with Gasteiger partial charge in [-0.25, -0.2) is 4.98 Å². The summed E-state index contributed by atoms with van der Waals surface area (Å²) in [5.74, 6) is 0.945. The number of fused-ring (bicyclic) bond motifs is 1. The van der Waals surface area contributed by atoms with Gasteiger partial charge in [-0.15, -0.1) is 0 Å². The molecule has 0 aliphatic carbocycles. The molecule has 1 aromatic carbocycles. The molecule has 0 amide bonds. The number of rotatable bonds is 1. The van der Waals surface area contributed by atoms with E-state index in [2.05, 4.69) is 9.97 Å². The van der Waals surface area contributed by atoms with E-state index in [0.717, 1.165) is 0 Å². The summed E-state index contributed by atoms with van der Waals surface area (Å²) >= 11 is 5.92. The second-order valence-corrected chi connectivity index (χ2v) is 3.18. The first-order chi connectivity index (χ1) is 6.70. The summed E-state index contributed by atoms with van der Waals surface area (Å²) < 4.78 is 5.05. The molecule has 2 rings (SSSR count). The van der Waals surface area contributed by atoms with Crippen molar-refractivity contribution in [3.05, 3.63) is 23.4 Å². The van der Waals surface area contributed by atoms with Crippen molar-refractivity contribution >= 4 is 28.5 Å². The summed E-state index contributed by atoms with van der Waals surface area (Å²) in [6, 6.07) is 3.41. The van der Waals surface area contributed by atoms with Crippen LogP contribution in [0.3, 0.4) is 0 Å². The van der Waals surface area contributed by atoms with E-state index in [1.54, 1.807) is 19.2 Å². The molecule has 2 aromatic rings. The summed E-state index contributed by atoms with van der Waals surface area (Å²) in [7, 11) is 1.55. The minimum Gasteiger partial charge on any atom is -0.495 e. The molecule has 0 unspecified atom stereocenters. The van der Waals surface area contributed by atoms with E-state index in [4.69, 9.17) is 22.1 Å². The van der Waals surface area contributed by atoms with Crippen molar-refractivity contribution in [3.63, 3.8) is 0 Å². The van der Waals surface area contributed by atoms with Crippen LogP contribution in [-0.2, 0) is 0 Å². The van der Waals surface area contributed by atoms with Gasteiger partial charge < -0.3 is 10.5 Å². The van der Waals surface area contributed by atoms with E-state index >= 15 is 0 Å². The minimum atomic E-state index is 0.377. The highest BCUT2D eigenvalue weighted by Gasteiger charge is 2.05. The quantitative estimate of drug-likeness (QED) is 0.779. The molecule has 0 bridgehead atoms. The molecule has 0 saturated heterocycles. The molecule has 0 saturated carbocycles. The van der Waals surface area contributed by atoms with E-state index in [-0.39, 0.29) is 0 Å². The Bertz CT molecular complexity index is 487. The average molecular weight is 210 g/mol. The van der Waals surface area contributed by atoms with Crippen LogP contribution >= 0.6 is 11.6 Å². The Morgan fingerprint density at radius 2 is 2.14 bits per heavy atom. The number of halogens is 1. The van der Waals surface area contributed by atoms with E-state index in [1.807, 2.05) is 0 Å². The fourth-order valence-electron chi connectivity index (χ4n) is 1.19. The number of ether oxygens (including phenoxy) is 1. The fourth-order valence-corrected chi connectivity index (χ4v) is 1.42. The first-order valence-electron chi connectivity index (χ1n) is 3.96. The third-order valence-electron chi connectivity index (χ3n) is 1.83. The molecule has 4 nitrogen and oxygen atoms in total. The van der Waals surface area contributed by atoms with Crippen LogP contribution in [-0.4, -0.2) is 17.1 Å². The highest BCUT2D eigenvalue weighted by molar-refractivity contribution is 6.32. The van der Waals surface area contributed by atoms with Gasteiger partial charge in [0.15, 0.2) is 0 Å². The molecular formula is C9H8ClN3O. The number of hydrogen-bond donors (Lipinski definition) is 1. The van der Waals surface area contributed by atoms with Gasteiger partial charge in [0.2, 0.25) is 0 Å². The molecule has 14 heavy (non-hydrogen) atoms. The average Bonchev–Trinajstić information content (AvgIpc) is 2.17. The van der Waals surface area contributed by atoms with Gasteiger partial charge in [-0.1, -0.05) is 11.6 Å². The van der Waals surface area contributed by atoms with Crippen LogP contribution in [0.1, 0.15) is 0 Å². The van der Waals surface area contributed by atoms with Crippen molar-refractivity contribution in [3.8, 4) is 5.75 Å². The molecule has 0 spiro atoms. The van der Waals surface area contributed by atoms with Crippen molar-refractivity contribution in [2.45, 2.75) is 0 Å². The SMILES string of the molecule is COc1cc2nc(N)cnc2cc1Cl. The number of hydrogen-bond acceptors (Lipinski definition) is 4. The van der Waals surface area contributed by atoms with Crippen LogP contribution in [0.15, 0.2) is 18.3 Å². The Labute approximate surface area is 85.7 Å². The van der Waals surface area contributed by atoms with Crippen molar-refractivity contribution < 1.29 is 4.74 Å². The Morgan fingerprint density at radius 1 is 1.36 bits per heavy atom. The molecule has 0 radical (unpaired) electrons. The van der Waals surface area contributed by atoms with Gasteiger partial charge in [-0.3, -0.25) is 4.98 Å². The lowest BCUT2D eigenvalue weighted by Crippen LogP contribution is -1.93. The maximum atomic E-state index is 5.92. The predicted octanol–water partition coefficient (Wildman–Crippen LogP) is 1.87. The number of benzene rings is 1. The molecule has 0 aliphatic heterocycles. The van der Waals surface area contributed by atoms with Crippen LogP contribution < -0.4 is 10.5 Å². The second-order valence-electron chi connectivity index (χ2n) is 2.77. The fraction of sp³-hybridized carbons (Fsp3) is 0.111. The smallest absolute Gasteiger partial charge is 0.142 e. The molecular weight excluding hydrogens is 202 g/mol. The zero-order chi connectivity index (χ0) is 10.1. The number of aromatic nitrogens is 2. The third-order valence-corrected chi connectivity index (χ3v) is 2.13. The first-order valence-corrected chi connectivity index (χ1v) is 4.34. The summed E-state index contributed by atoms with van der Waals surface area (Å²) in [4.78, 5) is 8.19. The lowest BCUT2D eigenvalue weighted by atomic mass is 10.3. The zero-order valence-corrected chi connectivity index (χ0v) is 8.25. The Hall–Kier alpha value is -1.55. The standard InChI is InChI=1S/C9H8ClN3O/c1-14-8-3-7-6(2-5(8)10)12-4-9(11)13-7/h2-4H,1H3,(H2,11,13). The van der Waals surface area contributed by atoms with Gasteiger partial charge in [0.25, 0.3) is 0 Å². The topological polar surface area (TPSA) is 61.0 Å². The third kappa shape index (κ3) is 1.44. The van der Waals surface area contributed by atoms with Gasteiger partial charge in [-0.2, -0.15) is 0 Å². The van der Waals surface area contributed by atoms with Crippen LogP contribution in [0.2, 0.25) is 5.02 Å². The molecule has 5 heteroatoms. The van der Waals surface area contributed by atoms with Crippen LogP contribution in [0.25, 0.3) is 11.0 Å². The Morgan fingerprint density at radius 3 is 2.86 bits per heavy atom. The minimum absolute atomic E-state index is 0.377. The number of nitrogen functional groups attached to an aromatic ring is 1. The summed E-state index contributed by atoms with van der Waals surface area (Å²) in [5, 5.41) is 0.513. The molecule has 0 fully saturated rings. The van der Waals surface area contributed by atoms with Crippen molar-refractivity contribution in [2.24, 2.45) is 0 Å². The number of nitrogens with two attached hydrogens (primary N) is 1. The lowest BCUT2D eigenvalue weighted by Gasteiger charge is -2.04. The Kier molecular flexibility index (Phi) is 2.13. The van der Waals surface area contributed by atoms with E-state index < -0.39 is 0 Å². The summed E-state index contributed by atoms with van der Waals surface area (Å²) in [5.41, 5.74) is 6.88. The monoisotopic (exact) mass is 209 g/mol. The van der Waals surface area contributed by atoms with Crippen LogP contribution in [0.5, 0.6) is 5.75 Å². The lowest BCUT2D eigenvalue weighted by molar-refractivity contribution is 0.415. The largest absolute Gasteiger partial charge is 0.495 e.